The molecule has 17 heavy (non-hydrogen) atoms. The van der Waals surface area contributed by atoms with Gasteiger partial charge in [0.25, 0.3) is 0 Å². The van der Waals surface area contributed by atoms with Crippen LogP contribution in [0.4, 0.5) is 0 Å². The fourth-order valence-electron chi connectivity index (χ4n) is 1.92. The summed E-state index contributed by atoms with van der Waals surface area (Å²) in [5.41, 5.74) is 1.05. The minimum Gasteiger partial charge on any atom is -0.493 e. The molecule has 4 heteroatoms. The largest absolute Gasteiger partial charge is 0.493 e. The van der Waals surface area contributed by atoms with E-state index in [0.29, 0.717) is 6.61 Å². The fourth-order valence-corrected chi connectivity index (χ4v) is 1.92. The molecule has 2 rings (SSSR count). The first kappa shape index (κ1) is 11.5. The number of aliphatic carboxylic acids is 1. The van der Waals surface area contributed by atoms with Gasteiger partial charge >= 0.3 is 5.97 Å². The Balaban J connectivity index is 2.17. The second-order valence-corrected chi connectivity index (χ2v) is 3.92. The van der Waals surface area contributed by atoms with E-state index in [-0.39, 0.29) is 5.92 Å². The van der Waals surface area contributed by atoms with E-state index in [0.717, 1.165) is 23.5 Å². The van der Waals surface area contributed by atoms with Gasteiger partial charge in [-0.15, -0.1) is 0 Å². The molecule has 0 spiro atoms. The third-order valence-electron chi connectivity index (χ3n) is 2.72. The summed E-state index contributed by atoms with van der Waals surface area (Å²) in [5, 5.41) is 8.57. The lowest BCUT2D eigenvalue weighted by molar-refractivity contribution is -0.131. The van der Waals surface area contributed by atoms with E-state index in [1.165, 1.54) is 6.08 Å². The molecule has 1 aromatic carbocycles. The molecule has 1 aromatic rings. The molecule has 0 saturated carbocycles. The number of carboxylic acid groups (broad SMARTS) is 1. The highest BCUT2D eigenvalue weighted by Gasteiger charge is 2.20. The van der Waals surface area contributed by atoms with E-state index in [9.17, 15) is 4.79 Å². The molecule has 0 unspecified atom stereocenters. The lowest BCUT2D eigenvalue weighted by Crippen LogP contribution is -2.19. The van der Waals surface area contributed by atoms with Gasteiger partial charge in [-0.1, -0.05) is 18.2 Å². The SMILES string of the molecule is COc1cccc2c1OC[C@H](/C=C/C(=O)O)C2. The van der Waals surface area contributed by atoms with Crippen LogP contribution in [0, 0.1) is 5.92 Å². The number of para-hydroxylation sites is 1. The molecular formula is C13H14O4. The molecule has 0 saturated heterocycles. The summed E-state index contributed by atoms with van der Waals surface area (Å²) in [4.78, 5) is 10.4. The monoisotopic (exact) mass is 234 g/mol. The maximum atomic E-state index is 10.4. The molecule has 0 radical (unpaired) electrons. The van der Waals surface area contributed by atoms with Gasteiger partial charge in [0, 0.05) is 12.0 Å². The summed E-state index contributed by atoms with van der Waals surface area (Å²) in [5.74, 6) is 0.672. The van der Waals surface area contributed by atoms with Crippen molar-refractivity contribution in [1.82, 2.24) is 0 Å². The minimum atomic E-state index is -0.929. The average molecular weight is 234 g/mol. The highest BCUT2D eigenvalue weighted by Crippen LogP contribution is 2.36. The molecule has 0 bridgehead atoms. The van der Waals surface area contributed by atoms with Crippen LogP contribution in [0.2, 0.25) is 0 Å². The summed E-state index contributed by atoms with van der Waals surface area (Å²) in [6.07, 6.45) is 3.61. The predicted molar refractivity (Wildman–Crippen MR) is 62.5 cm³/mol. The Morgan fingerprint density at radius 3 is 3.12 bits per heavy atom. The van der Waals surface area contributed by atoms with Crippen molar-refractivity contribution in [3.05, 3.63) is 35.9 Å². The van der Waals surface area contributed by atoms with Crippen LogP contribution in [-0.2, 0) is 11.2 Å². The zero-order valence-corrected chi connectivity index (χ0v) is 9.55. The quantitative estimate of drug-likeness (QED) is 0.811. The van der Waals surface area contributed by atoms with Crippen molar-refractivity contribution in [2.24, 2.45) is 5.92 Å². The average Bonchev–Trinajstić information content (AvgIpc) is 2.35. The molecule has 0 fully saturated rings. The number of hydrogen-bond donors (Lipinski definition) is 1. The van der Waals surface area contributed by atoms with Crippen LogP contribution in [0.5, 0.6) is 11.5 Å². The Hall–Kier alpha value is -1.97. The molecule has 90 valence electrons. The van der Waals surface area contributed by atoms with Gasteiger partial charge in [0.1, 0.15) is 0 Å². The fraction of sp³-hybridized carbons (Fsp3) is 0.308. The molecule has 1 aliphatic rings. The van der Waals surface area contributed by atoms with Gasteiger partial charge < -0.3 is 14.6 Å². The topological polar surface area (TPSA) is 55.8 Å². The van der Waals surface area contributed by atoms with Crippen LogP contribution in [0.3, 0.4) is 0 Å². The molecule has 1 N–H and O–H groups in total. The van der Waals surface area contributed by atoms with Gasteiger partial charge in [0.15, 0.2) is 11.5 Å². The lowest BCUT2D eigenvalue weighted by Gasteiger charge is -2.24. The summed E-state index contributed by atoms with van der Waals surface area (Å²) < 4.78 is 10.8. The predicted octanol–water partition coefficient (Wildman–Crippen LogP) is 1.89. The van der Waals surface area contributed by atoms with Crippen LogP contribution < -0.4 is 9.47 Å². The van der Waals surface area contributed by atoms with Gasteiger partial charge in [0.05, 0.1) is 13.7 Å². The highest BCUT2D eigenvalue weighted by molar-refractivity contribution is 5.79. The van der Waals surface area contributed by atoms with E-state index in [4.69, 9.17) is 14.6 Å². The molecule has 0 amide bonds. The van der Waals surface area contributed by atoms with E-state index in [1.54, 1.807) is 13.2 Å². The standard InChI is InChI=1S/C13H14O4/c1-16-11-4-2-3-10-7-9(5-6-12(14)15)8-17-13(10)11/h2-6,9H,7-8H2,1H3,(H,14,15)/b6-5+/t9-/m1/s1. The van der Waals surface area contributed by atoms with Crippen LogP contribution >= 0.6 is 0 Å². The molecular weight excluding hydrogens is 220 g/mol. The normalized spacial score (nSPS) is 18.5. The number of benzene rings is 1. The van der Waals surface area contributed by atoms with Crippen LogP contribution in [0.15, 0.2) is 30.4 Å². The smallest absolute Gasteiger partial charge is 0.327 e. The Morgan fingerprint density at radius 2 is 2.41 bits per heavy atom. The van der Waals surface area contributed by atoms with Gasteiger partial charge in [-0.05, 0) is 18.1 Å². The van der Waals surface area contributed by atoms with E-state index in [2.05, 4.69) is 0 Å². The number of fused-ring (bicyclic) bond motifs is 1. The van der Waals surface area contributed by atoms with Gasteiger partial charge in [-0.2, -0.15) is 0 Å². The minimum absolute atomic E-state index is 0.103. The number of hydrogen-bond acceptors (Lipinski definition) is 3. The molecule has 1 atom stereocenters. The van der Waals surface area contributed by atoms with E-state index >= 15 is 0 Å². The van der Waals surface area contributed by atoms with Crippen molar-refractivity contribution in [3.8, 4) is 11.5 Å². The summed E-state index contributed by atoms with van der Waals surface area (Å²) in [6.45, 7) is 0.483. The highest BCUT2D eigenvalue weighted by atomic mass is 16.5. The van der Waals surface area contributed by atoms with E-state index in [1.807, 2.05) is 18.2 Å². The number of rotatable bonds is 3. The summed E-state index contributed by atoms with van der Waals surface area (Å²) in [6, 6.07) is 5.73. The van der Waals surface area contributed by atoms with Crippen molar-refractivity contribution in [2.75, 3.05) is 13.7 Å². The first-order valence-electron chi connectivity index (χ1n) is 5.40. The second-order valence-electron chi connectivity index (χ2n) is 3.92. The van der Waals surface area contributed by atoms with Crippen LogP contribution in [0.1, 0.15) is 5.56 Å². The Kier molecular flexibility index (Phi) is 3.32. The molecule has 1 aliphatic heterocycles. The number of carboxylic acids is 1. The van der Waals surface area contributed by atoms with Gasteiger partial charge in [0.2, 0.25) is 0 Å². The summed E-state index contributed by atoms with van der Waals surface area (Å²) in [7, 11) is 1.61. The number of carbonyl (C=O) groups is 1. The van der Waals surface area contributed by atoms with Crippen LogP contribution in [-0.4, -0.2) is 24.8 Å². The first-order valence-corrected chi connectivity index (χ1v) is 5.40. The zero-order chi connectivity index (χ0) is 12.3. The van der Waals surface area contributed by atoms with Gasteiger partial charge in [-0.3, -0.25) is 0 Å². The number of methoxy groups -OCH3 is 1. The van der Waals surface area contributed by atoms with Crippen molar-refractivity contribution < 1.29 is 19.4 Å². The summed E-state index contributed by atoms with van der Waals surface area (Å²) >= 11 is 0. The lowest BCUT2D eigenvalue weighted by atomic mass is 9.96. The molecule has 0 aliphatic carbocycles. The third-order valence-corrected chi connectivity index (χ3v) is 2.72. The second kappa shape index (κ2) is 4.91. The first-order chi connectivity index (χ1) is 8.20. The Morgan fingerprint density at radius 1 is 1.59 bits per heavy atom. The van der Waals surface area contributed by atoms with Crippen molar-refractivity contribution in [3.63, 3.8) is 0 Å². The van der Waals surface area contributed by atoms with Crippen molar-refractivity contribution >= 4 is 5.97 Å². The molecule has 0 aromatic heterocycles. The molecule has 4 nitrogen and oxygen atoms in total. The van der Waals surface area contributed by atoms with Gasteiger partial charge in [-0.25, -0.2) is 4.79 Å². The third kappa shape index (κ3) is 2.58. The zero-order valence-electron chi connectivity index (χ0n) is 9.55. The number of ether oxygens (including phenoxy) is 2. The van der Waals surface area contributed by atoms with E-state index < -0.39 is 5.97 Å². The Labute approximate surface area is 99.5 Å². The van der Waals surface area contributed by atoms with Crippen molar-refractivity contribution in [2.45, 2.75) is 6.42 Å². The maximum absolute atomic E-state index is 10.4. The maximum Gasteiger partial charge on any atom is 0.327 e. The Bertz CT molecular complexity index is 451. The van der Waals surface area contributed by atoms with Crippen LogP contribution in [0.25, 0.3) is 0 Å². The molecule has 1 heterocycles. The van der Waals surface area contributed by atoms with Crippen molar-refractivity contribution in [1.29, 1.82) is 0 Å².